The van der Waals surface area contributed by atoms with Crippen molar-refractivity contribution in [2.75, 3.05) is 6.61 Å². The third-order valence-electron chi connectivity index (χ3n) is 6.06. The molecule has 0 spiro atoms. The molecule has 1 atom stereocenters. The fourth-order valence-electron chi connectivity index (χ4n) is 4.32. The van der Waals surface area contributed by atoms with Gasteiger partial charge in [-0.05, 0) is 22.4 Å². The molecule has 0 aliphatic carbocycles. The molecule has 1 aliphatic heterocycles. The van der Waals surface area contributed by atoms with Crippen molar-refractivity contribution in [1.82, 2.24) is 0 Å². The van der Waals surface area contributed by atoms with Crippen LogP contribution >= 0.6 is 0 Å². The van der Waals surface area contributed by atoms with Crippen molar-refractivity contribution in [2.45, 2.75) is 5.92 Å². The van der Waals surface area contributed by atoms with Gasteiger partial charge in [0, 0.05) is 11.6 Å². The maximum absolute atomic E-state index is 13.8. The van der Waals surface area contributed by atoms with Crippen molar-refractivity contribution in [3.63, 3.8) is 0 Å². The molecule has 1 aliphatic rings. The van der Waals surface area contributed by atoms with Gasteiger partial charge in [0.2, 0.25) is 35.0 Å². The summed E-state index contributed by atoms with van der Waals surface area (Å²) >= 11 is 0. The van der Waals surface area contributed by atoms with Crippen LogP contribution in [-0.4, -0.2) is 12.6 Å². The average molecular weight is 538 g/mol. The zero-order chi connectivity index (χ0) is 27.8. The number of rotatable bonds is 5. The predicted molar refractivity (Wildman–Crippen MR) is 127 cm³/mol. The number of halogens is 5. The average Bonchev–Trinajstić information content (AvgIpc) is 2.94. The largest absolute Gasteiger partial charge is 0.476 e. The lowest BCUT2D eigenvalue weighted by atomic mass is 9.81. The quantitative estimate of drug-likeness (QED) is 0.115. The van der Waals surface area contributed by atoms with Gasteiger partial charge >= 0.3 is 5.97 Å². The summed E-state index contributed by atoms with van der Waals surface area (Å²) in [6.07, 6.45) is 0. The number of esters is 1. The van der Waals surface area contributed by atoms with E-state index in [1.165, 1.54) is 12.1 Å². The lowest BCUT2D eigenvalue weighted by Crippen LogP contribution is -2.22. The summed E-state index contributed by atoms with van der Waals surface area (Å²) in [5.74, 6) is -14.7. The number of nitrogens with zero attached hydrogens (tertiary/aromatic N) is 1. The number of hydrogen-bond donors (Lipinski definition) is 1. The highest BCUT2D eigenvalue weighted by molar-refractivity contribution is 5.87. The number of fused-ring (bicyclic) bond motifs is 2. The molecule has 4 aromatic rings. The number of carbonyl (C=O) groups is 1. The SMILES string of the molecule is N#CC1=C(N)Oc2cc(OC(=O)COc3c(F)c(F)c(F)c(F)c3F)ccc2C1c1cccc2ccccc12. The fraction of sp³-hybridized carbons (Fsp3) is 0.0714. The van der Waals surface area contributed by atoms with Gasteiger partial charge in [-0.25, -0.2) is 18.0 Å². The van der Waals surface area contributed by atoms with Crippen LogP contribution in [0.2, 0.25) is 0 Å². The molecule has 0 saturated heterocycles. The van der Waals surface area contributed by atoms with Gasteiger partial charge in [0.25, 0.3) is 0 Å². The monoisotopic (exact) mass is 538 g/mol. The zero-order valence-corrected chi connectivity index (χ0v) is 19.6. The van der Waals surface area contributed by atoms with E-state index < -0.39 is 53.3 Å². The van der Waals surface area contributed by atoms with Crippen LogP contribution in [0.1, 0.15) is 17.0 Å². The number of hydrogen-bond acceptors (Lipinski definition) is 6. The second kappa shape index (κ2) is 9.98. The molecular formula is C28H15F5N2O4. The van der Waals surface area contributed by atoms with E-state index in [1.54, 1.807) is 6.07 Å². The van der Waals surface area contributed by atoms with E-state index in [9.17, 15) is 32.0 Å². The molecule has 0 saturated carbocycles. The van der Waals surface area contributed by atoms with E-state index in [-0.39, 0.29) is 23.0 Å². The first kappa shape index (κ1) is 25.5. The minimum atomic E-state index is -2.36. The van der Waals surface area contributed by atoms with Crippen LogP contribution in [0.3, 0.4) is 0 Å². The highest BCUT2D eigenvalue weighted by atomic mass is 19.2. The normalized spacial score (nSPS) is 14.4. The summed E-state index contributed by atoms with van der Waals surface area (Å²) in [5.41, 5.74) is 7.57. The summed E-state index contributed by atoms with van der Waals surface area (Å²) < 4.78 is 82.7. The summed E-state index contributed by atoms with van der Waals surface area (Å²) in [5, 5.41) is 11.7. The van der Waals surface area contributed by atoms with Crippen LogP contribution < -0.4 is 19.9 Å². The second-order valence-electron chi connectivity index (χ2n) is 8.35. The van der Waals surface area contributed by atoms with Gasteiger partial charge in [-0.3, -0.25) is 0 Å². The Morgan fingerprint density at radius 2 is 1.56 bits per heavy atom. The maximum atomic E-state index is 13.8. The number of allylic oxidation sites excluding steroid dienone is 1. The smallest absolute Gasteiger partial charge is 0.349 e. The predicted octanol–water partition coefficient (Wildman–Crippen LogP) is 5.74. The highest BCUT2D eigenvalue weighted by Crippen LogP contribution is 2.45. The van der Waals surface area contributed by atoms with Crippen LogP contribution in [0.4, 0.5) is 22.0 Å². The third kappa shape index (κ3) is 4.46. The number of ether oxygens (including phenoxy) is 3. The van der Waals surface area contributed by atoms with E-state index in [2.05, 4.69) is 10.8 Å². The highest BCUT2D eigenvalue weighted by Gasteiger charge is 2.32. The zero-order valence-electron chi connectivity index (χ0n) is 19.6. The lowest BCUT2D eigenvalue weighted by Gasteiger charge is -2.27. The Bertz CT molecular complexity index is 1700. The summed E-state index contributed by atoms with van der Waals surface area (Å²) in [6.45, 7) is -1.17. The molecule has 6 nitrogen and oxygen atoms in total. The van der Waals surface area contributed by atoms with E-state index >= 15 is 0 Å². The molecule has 11 heteroatoms. The Labute approximate surface area is 217 Å². The summed E-state index contributed by atoms with van der Waals surface area (Å²) in [7, 11) is 0. The lowest BCUT2D eigenvalue weighted by molar-refractivity contribution is -0.136. The Kier molecular flexibility index (Phi) is 6.54. The first-order valence-electron chi connectivity index (χ1n) is 11.2. The van der Waals surface area contributed by atoms with Crippen molar-refractivity contribution in [1.29, 1.82) is 5.26 Å². The van der Waals surface area contributed by atoms with E-state index in [0.29, 0.717) is 5.56 Å². The van der Waals surface area contributed by atoms with Crippen LogP contribution in [0.25, 0.3) is 10.8 Å². The Morgan fingerprint density at radius 3 is 2.28 bits per heavy atom. The topological polar surface area (TPSA) is 94.6 Å². The third-order valence-corrected chi connectivity index (χ3v) is 6.06. The first-order chi connectivity index (χ1) is 18.7. The Balaban J connectivity index is 1.42. The van der Waals surface area contributed by atoms with Crippen molar-refractivity contribution < 1.29 is 41.0 Å². The van der Waals surface area contributed by atoms with E-state index in [4.69, 9.17) is 15.2 Å². The molecule has 0 bridgehead atoms. The fourth-order valence-corrected chi connectivity index (χ4v) is 4.32. The molecular weight excluding hydrogens is 523 g/mol. The molecule has 0 radical (unpaired) electrons. The second-order valence-corrected chi connectivity index (χ2v) is 8.35. The molecule has 1 heterocycles. The Hall–Kier alpha value is -5.11. The molecule has 5 rings (SSSR count). The number of benzene rings is 4. The van der Waals surface area contributed by atoms with Gasteiger partial charge in [-0.2, -0.15) is 14.0 Å². The van der Waals surface area contributed by atoms with Gasteiger partial charge in [0.1, 0.15) is 23.1 Å². The minimum Gasteiger partial charge on any atom is -0.476 e. The first-order valence-corrected chi connectivity index (χ1v) is 11.2. The minimum absolute atomic E-state index is 0.0929. The van der Waals surface area contributed by atoms with Crippen LogP contribution in [0, 0.1) is 40.4 Å². The van der Waals surface area contributed by atoms with Crippen LogP contribution in [0.5, 0.6) is 17.2 Å². The maximum Gasteiger partial charge on any atom is 0.349 e. The van der Waals surface area contributed by atoms with Crippen LogP contribution in [-0.2, 0) is 4.79 Å². The molecule has 0 fully saturated rings. The number of nitrogens with two attached hydrogens (primary N) is 1. The van der Waals surface area contributed by atoms with Crippen LogP contribution in [0.15, 0.2) is 72.1 Å². The summed E-state index contributed by atoms with van der Waals surface area (Å²) in [4.78, 5) is 12.2. The molecule has 2 N–H and O–H groups in total. The summed E-state index contributed by atoms with van der Waals surface area (Å²) in [6, 6.07) is 19.6. The van der Waals surface area contributed by atoms with Gasteiger partial charge < -0.3 is 19.9 Å². The van der Waals surface area contributed by atoms with E-state index in [0.717, 1.165) is 16.3 Å². The van der Waals surface area contributed by atoms with Crippen molar-refractivity contribution >= 4 is 16.7 Å². The number of nitriles is 1. The van der Waals surface area contributed by atoms with E-state index in [1.807, 2.05) is 42.5 Å². The molecule has 1 unspecified atom stereocenters. The van der Waals surface area contributed by atoms with Crippen molar-refractivity contribution in [3.8, 4) is 23.3 Å². The van der Waals surface area contributed by atoms with Crippen molar-refractivity contribution in [3.05, 3.63) is 112 Å². The molecule has 196 valence electrons. The number of carbonyl (C=O) groups excluding carboxylic acids is 1. The standard InChI is InChI=1S/C28H15F5N2O4/c29-22-23(30)25(32)27(26(33)24(22)31)37-12-20(36)38-14-8-9-17-19(10-14)39-28(35)18(11-34)21(17)16-7-3-5-13-4-1-2-6-15(13)16/h1-10,21H,12,35H2. The van der Waals surface area contributed by atoms with Gasteiger partial charge in [-0.1, -0.05) is 48.5 Å². The molecule has 39 heavy (non-hydrogen) atoms. The van der Waals surface area contributed by atoms with Gasteiger partial charge in [0.05, 0.1) is 5.92 Å². The van der Waals surface area contributed by atoms with Crippen molar-refractivity contribution in [2.24, 2.45) is 5.73 Å². The molecule has 0 amide bonds. The molecule has 4 aromatic carbocycles. The van der Waals surface area contributed by atoms with Gasteiger partial charge in [0.15, 0.2) is 12.4 Å². The molecule has 0 aromatic heterocycles. The van der Waals surface area contributed by atoms with Gasteiger partial charge in [-0.15, -0.1) is 0 Å². The Morgan fingerprint density at radius 1 is 0.897 bits per heavy atom.